The normalized spacial score (nSPS) is 16.5. The topological polar surface area (TPSA) is 21.3 Å². The Morgan fingerprint density at radius 1 is 1.15 bits per heavy atom. The molecule has 1 fully saturated rings. The Morgan fingerprint density at radius 2 is 1.90 bits per heavy atom. The molecule has 0 radical (unpaired) electrons. The Balaban J connectivity index is 1.95. The number of halogens is 1. The van der Waals surface area contributed by atoms with Crippen LogP contribution in [0.3, 0.4) is 0 Å². The number of benzene rings is 2. The summed E-state index contributed by atoms with van der Waals surface area (Å²) in [6.07, 6.45) is 0.993. The quantitative estimate of drug-likeness (QED) is 0.925. The van der Waals surface area contributed by atoms with Crippen LogP contribution in [0, 0.1) is 0 Å². The molecule has 104 valence electrons. The molecule has 0 aliphatic carbocycles. The molecule has 2 aromatic carbocycles. The van der Waals surface area contributed by atoms with Crippen LogP contribution in [0.25, 0.3) is 0 Å². The van der Waals surface area contributed by atoms with E-state index in [1.54, 1.807) is 7.11 Å². The number of methoxy groups -OCH3 is 1. The molecule has 1 saturated heterocycles. The van der Waals surface area contributed by atoms with Gasteiger partial charge in [-0.3, -0.25) is 0 Å². The van der Waals surface area contributed by atoms with Gasteiger partial charge in [-0.25, -0.2) is 0 Å². The Morgan fingerprint density at radius 3 is 2.50 bits per heavy atom. The highest BCUT2D eigenvalue weighted by molar-refractivity contribution is 9.10. The summed E-state index contributed by atoms with van der Waals surface area (Å²) in [5, 5.41) is 3.42. The first kappa shape index (κ1) is 13.7. The van der Waals surface area contributed by atoms with Crippen LogP contribution in [-0.4, -0.2) is 20.2 Å². The van der Waals surface area contributed by atoms with E-state index in [-0.39, 0.29) is 5.41 Å². The van der Waals surface area contributed by atoms with Crippen LogP contribution in [0.5, 0.6) is 5.75 Å². The van der Waals surface area contributed by atoms with Gasteiger partial charge in [-0.05, 0) is 35.7 Å². The van der Waals surface area contributed by atoms with E-state index in [1.807, 2.05) is 12.1 Å². The minimum Gasteiger partial charge on any atom is -0.496 e. The van der Waals surface area contributed by atoms with Crippen molar-refractivity contribution < 1.29 is 4.74 Å². The standard InChI is InChI=1S/C17H18BrNO/c1-20-16-8-7-15(18)9-13(16)10-17(11-19-12-17)14-5-3-2-4-6-14/h2-9,19H,10-12H2,1H3. The summed E-state index contributed by atoms with van der Waals surface area (Å²) < 4.78 is 6.61. The van der Waals surface area contributed by atoms with Crippen LogP contribution >= 0.6 is 15.9 Å². The molecule has 0 aromatic heterocycles. The molecule has 2 aromatic rings. The number of ether oxygens (including phenoxy) is 1. The molecular weight excluding hydrogens is 314 g/mol. The molecule has 0 saturated carbocycles. The van der Waals surface area contributed by atoms with Crippen molar-refractivity contribution in [2.45, 2.75) is 11.8 Å². The summed E-state index contributed by atoms with van der Waals surface area (Å²) in [6.45, 7) is 2.04. The van der Waals surface area contributed by atoms with Gasteiger partial charge >= 0.3 is 0 Å². The fraction of sp³-hybridized carbons (Fsp3) is 0.294. The molecule has 1 aliphatic rings. The van der Waals surface area contributed by atoms with Crippen molar-refractivity contribution >= 4 is 15.9 Å². The highest BCUT2D eigenvalue weighted by atomic mass is 79.9. The predicted octanol–water partition coefficient (Wildman–Crippen LogP) is 3.54. The van der Waals surface area contributed by atoms with Crippen LogP contribution in [-0.2, 0) is 11.8 Å². The molecule has 0 unspecified atom stereocenters. The van der Waals surface area contributed by atoms with Crippen LogP contribution in [0.2, 0.25) is 0 Å². The van der Waals surface area contributed by atoms with Gasteiger partial charge in [0.1, 0.15) is 5.75 Å². The van der Waals surface area contributed by atoms with Crippen LogP contribution in [0.15, 0.2) is 53.0 Å². The minimum atomic E-state index is 0.190. The summed E-state index contributed by atoms with van der Waals surface area (Å²) in [6, 6.07) is 17.0. The zero-order valence-corrected chi connectivity index (χ0v) is 13.1. The molecule has 1 N–H and O–H groups in total. The van der Waals surface area contributed by atoms with E-state index in [9.17, 15) is 0 Å². The lowest BCUT2D eigenvalue weighted by Gasteiger charge is -2.43. The lowest BCUT2D eigenvalue weighted by atomic mass is 9.71. The zero-order chi connectivity index (χ0) is 14.0. The lowest BCUT2D eigenvalue weighted by Crippen LogP contribution is -2.58. The maximum Gasteiger partial charge on any atom is 0.122 e. The Bertz CT molecular complexity index is 593. The van der Waals surface area contributed by atoms with Crippen molar-refractivity contribution in [2.75, 3.05) is 20.2 Å². The average Bonchev–Trinajstić information content (AvgIpc) is 2.44. The molecule has 0 spiro atoms. The Kier molecular flexibility index (Phi) is 3.81. The first-order valence-electron chi connectivity index (χ1n) is 6.82. The van der Waals surface area contributed by atoms with Crippen LogP contribution < -0.4 is 10.1 Å². The fourth-order valence-electron chi connectivity index (χ4n) is 2.90. The van der Waals surface area contributed by atoms with E-state index in [2.05, 4.69) is 57.6 Å². The van der Waals surface area contributed by atoms with Gasteiger partial charge in [0, 0.05) is 23.0 Å². The van der Waals surface area contributed by atoms with Gasteiger partial charge in [0.15, 0.2) is 0 Å². The summed E-state index contributed by atoms with van der Waals surface area (Å²) in [4.78, 5) is 0. The first-order valence-corrected chi connectivity index (χ1v) is 7.61. The van der Waals surface area contributed by atoms with Gasteiger partial charge in [0.05, 0.1) is 7.11 Å². The summed E-state index contributed by atoms with van der Waals surface area (Å²) in [5.74, 6) is 0.968. The van der Waals surface area contributed by atoms with Gasteiger partial charge in [0.2, 0.25) is 0 Å². The fourth-order valence-corrected chi connectivity index (χ4v) is 3.31. The molecule has 3 heteroatoms. The number of hydrogen-bond donors (Lipinski definition) is 1. The molecule has 1 heterocycles. The second kappa shape index (κ2) is 5.58. The minimum absolute atomic E-state index is 0.190. The Hall–Kier alpha value is -1.32. The van der Waals surface area contributed by atoms with Crippen LogP contribution in [0.4, 0.5) is 0 Å². The largest absolute Gasteiger partial charge is 0.496 e. The van der Waals surface area contributed by atoms with Crippen molar-refractivity contribution in [3.05, 3.63) is 64.1 Å². The third-order valence-corrected chi connectivity index (χ3v) is 4.58. The summed E-state index contributed by atoms with van der Waals surface area (Å²) in [7, 11) is 1.74. The zero-order valence-electron chi connectivity index (χ0n) is 11.5. The van der Waals surface area contributed by atoms with Gasteiger partial charge in [-0.15, -0.1) is 0 Å². The third-order valence-electron chi connectivity index (χ3n) is 4.08. The molecule has 20 heavy (non-hydrogen) atoms. The maximum atomic E-state index is 5.51. The van der Waals surface area contributed by atoms with E-state index in [0.717, 1.165) is 29.7 Å². The third kappa shape index (κ3) is 2.48. The summed E-state index contributed by atoms with van der Waals surface area (Å²) >= 11 is 3.56. The van der Waals surface area contributed by atoms with E-state index >= 15 is 0 Å². The lowest BCUT2D eigenvalue weighted by molar-refractivity contribution is 0.271. The van der Waals surface area contributed by atoms with Crippen molar-refractivity contribution in [3.8, 4) is 5.75 Å². The number of nitrogens with one attached hydrogen (secondary N) is 1. The van der Waals surface area contributed by atoms with Gasteiger partial charge in [-0.2, -0.15) is 0 Å². The second-order valence-corrected chi connectivity index (χ2v) is 6.30. The Labute approximate surface area is 128 Å². The molecule has 3 rings (SSSR count). The predicted molar refractivity (Wildman–Crippen MR) is 85.4 cm³/mol. The number of hydrogen-bond acceptors (Lipinski definition) is 2. The van der Waals surface area contributed by atoms with Gasteiger partial charge in [0.25, 0.3) is 0 Å². The van der Waals surface area contributed by atoms with Gasteiger partial charge < -0.3 is 10.1 Å². The SMILES string of the molecule is COc1ccc(Br)cc1CC1(c2ccccc2)CNC1. The van der Waals surface area contributed by atoms with Crippen LogP contribution in [0.1, 0.15) is 11.1 Å². The van der Waals surface area contributed by atoms with Gasteiger partial charge in [-0.1, -0.05) is 46.3 Å². The smallest absolute Gasteiger partial charge is 0.122 e. The van der Waals surface area contributed by atoms with Crippen molar-refractivity contribution in [1.82, 2.24) is 5.32 Å². The van der Waals surface area contributed by atoms with E-state index in [0.29, 0.717) is 0 Å². The number of rotatable bonds is 4. The molecular formula is C17H18BrNO. The second-order valence-electron chi connectivity index (χ2n) is 5.38. The highest BCUT2D eigenvalue weighted by Gasteiger charge is 2.39. The molecule has 2 nitrogen and oxygen atoms in total. The molecule has 0 atom stereocenters. The van der Waals surface area contributed by atoms with Crippen molar-refractivity contribution in [1.29, 1.82) is 0 Å². The molecule has 1 aliphatic heterocycles. The molecule has 0 amide bonds. The van der Waals surface area contributed by atoms with Crippen molar-refractivity contribution in [2.24, 2.45) is 0 Å². The first-order chi connectivity index (χ1) is 9.73. The van der Waals surface area contributed by atoms with E-state index in [1.165, 1.54) is 11.1 Å². The maximum absolute atomic E-state index is 5.51. The summed E-state index contributed by atoms with van der Waals surface area (Å²) in [5.41, 5.74) is 2.85. The highest BCUT2D eigenvalue weighted by Crippen LogP contribution is 2.36. The monoisotopic (exact) mass is 331 g/mol. The van der Waals surface area contributed by atoms with E-state index < -0.39 is 0 Å². The van der Waals surface area contributed by atoms with E-state index in [4.69, 9.17) is 4.74 Å². The molecule has 0 bridgehead atoms. The van der Waals surface area contributed by atoms with Crippen molar-refractivity contribution in [3.63, 3.8) is 0 Å². The average molecular weight is 332 g/mol.